The molecule has 18 heavy (non-hydrogen) atoms. The Morgan fingerprint density at radius 3 is 2.00 bits per heavy atom. The number of nitrogens with zero attached hydrogens (tertiary/aromatic N) is 2. The fraction of sp³-hybridized carbons (Fsp3) is 0.500. The highest BCUT2D eigenvalue weighted by molar-refractivity contribution is 5.90. The summed E-state index contributed by atoms with van der Waals surface area (Å²) >= 11 is 0. The van der Waals surface area contributed by atoms with Gasteiger partial charge in [0.2, 0.25) is 0 Å². The summed E-state index contributed by atoms with van der Waals surface area (Å²) in [6.07, 6.45) is -10.5. The summed E-state index contributed by atoms with van der Waals surface area (Å²) in [4.78, 5) is 10.6. The van der Waals surface area contributed by atoms with E-state index in [1.807, 2.05) is 0 Å². The second kappa shape index (κ2) is 4.18. The Morgan fingerprint density at radius 2 is 1.72 bits per heavy atom. The summed E-state index contributed by atoms with van der Waals surface area (Å²) in [6.45, 7) is 0.583. The van der Waals surface area contributed by atoms with Gasteiger partial charge in [-0.2, -0.15) is 31.4 Å². The van der Waals surface area contributed by atoms with E-state index in [0.29, 0.717) is 0 Å². The zero-order valence-electron chi connectivity index (χ0n) is 8.72. The number of aromatic nitrogens is 2. The molecule has 0 aliphatic heterocycles. The van der Waals surface area contributed by atoms with Gasteiger partial charge in [-0.1, -0.05) is 0 Å². The van der Waals surface area contributed by atoms with Crippen molar-refractivity contribution in [3.05, 3.63) is 17.0 Å². The van der Waals surface area contributed by atoms with Gasteiger partial charge in [-0.3, -0.25) is 4.68 Å². The quantitative estimate of drug-likeness (QED) is 0.845. The topological polar surface area (TPSA) is 55.1 Å². The van der Waals surface area contributed by atoms with E-state index in [1.54, 1.807) is 0 Å². The molecule has 0 aliphatic rings. The molecule has 10 heteroatoms. The lowest BCUT2D eigenvalue weighted by Gasteiger charge is -2.09. The van der Waals surface area contributed by atoms with E-state index >= 15 is 0 Å². The van der Waals surface area contributed by atoms with Crippen LogP contribution in [0.3, 0.4) is 0 Å². The molecule has 0 radical (unpaired) electrons. The molecule has 0 aromatic carbocycles. The molecule has 0 spiro atoms. The van der Waals surface area contributed by atoms with E-state index in [2.05, 4.69) is 5.10 Å². The highest BCUT2D eigenvalue weighted by Crippen LogP contribution is 2.39. The van der Waals surface area contributed by atoms with Crippen LogP contribution in [0.5, 0.6) is 0 Å². The average molecular weight is 276 g/mol. The molecule has 0 saturated carbocycles. The standard InChI is InChI=1S/C8H6F6N2O2/c1-2-16-5(8(12,13)14)3(6(17)18)4(15-16)7(9,10)11/h2H2,1H3,(H,17,18). The third-order valence-electron chi connectivity index (χ3n) is 2.00. The van der Waals surface area contributed by atoms with Crippen molar-refractivity contribution < 1.29 is 36.2 Å². The maximum Gasteiger partial charge on any atom is 0.436 e. The lowest BCUT2D eigenvalue weighted by Crippen LogP contribution is -2.18. The molecular weight excluding hydrogens is 270 g/mol. The van der Waals surface area contributed by atoms with E-state index < -0.39 is 41.8 Å². The SMILES string of the molecule is CCn1nc(C(F)(F)F)c(C(=O)O)c1C(F)(F)F. The molecule has 1 aromatic heterocycles. The van der Waals surface area contributed by atoms with E-state index in [1.165, 1.54) is 0 Å². The van der Waals surface area contributed by atoms with Crippen LogP contribution >= 0.6 is 0 Å². The minimum absolute atomic E-state index is 0.0216. The van der Waals surface area contributed by atoms with Crippen LogP contribution in [0.2, 0.25) is 0 Å². The first-order chi connectivity index (χ1) is 8.00. The van der Waals surface area contributed by atoms with Crippen molar-refractivity contribution in [3.8, 4) is 0 Å². The predicted octanol–water partition coefficient (Wildman–Crippen LogP) is 2.64. The van der Waals surface area contributed by atoms with Crippen LogP contribution in [0.1, 0.15) is 28.7 Å². The van der Waals surface area contributed by atoms with Gasteiger partial charge in [0.15, 0.2) is 11.4 Å². The Morgan fingerprint density at radius 1 is 1.22 bits per heavy atom. The number of aryl methyl sites for hydroxylation is 1. The minimum Gasteiger partial charge on any atom is -0.478 e. The number of halogens is 6. The summed E-state index contributed by atoms with van der Waals surface area (Å²) in [6, 6.07) is 0. The van der Waals surface area contributed by atoms with E-state index in [9.17, 15) is 31.1 Å². The van der Waals surface area contributed by atoms with Crippen molar-refractivity contribution in [1.29, 1.82) is 0 Å². The lowest BCUT2D eigenvalue weighted by atomic mass is 10.1. The molecule has 0 atom stereocenters. The number of alkyl halides is 6. The smallest absolute Gasteiger partial charge is 0.436 e. The summed E-state index contributed by atoms with van der Waals surface area (Å²) in [7, 11) is 0. The van der Waals surface area contributed by atoms with Crippen LogP contribution in [0.4, 0.5) is 26.3 Å². The van der Waals surface area contributed by atoms with Crippen LogP contribution in [0, 0.1) is 0 Å². The van der Waals surface area contributed by atoms with Crippen molar-refractivity contribution in [1.82, 2.24) is 9.78 Å². The van der Waals surface area contributed by atoms with Gasteiger partial charge in [0.1, 0.15) is 5.56 Å². The number of aromatic carboxylic acids is 1. The van der Waals surface area contributed by atoms with Gasteiger partial charge in [-0.25, -0.2) is 4.79 Å². The van der Waals surface area contributed by atoms with Crippen LogP contribution in [-0.2, 0) is 18.9 Å². The first-order valence-electron chi connectivity index (χ1n) is 4.48. The third kappa shape index (κ3) is 2.41. The molecule has 1 aromatic rings. The van der Waals surface area contributed by atoms with Gasteiger partial charge in [0, 0.05) is 6.54 Å². The van der Waals surface area contributed by atoms with Crippen LogP contribution in [0.25, 0.3) is 0 Å². The normalized spacial score (nSPS) is 12.8. The molecular formula is C8H6F6N2O2. The minimum atomic E-state index is -5.27. The Bertz CT molecular complexity index is 473. The Labute approximate surface area is 95.8 Å². The van der Waals surface area contributed by atoms with Gasteiger partial charge in [-0.05, 0) is 6.92 Å². The Kier molecular flexibility index (Phi) is 3.32. The van der Waals surface area contributed by atoms with E-state index in [-0.39, 0.29) is 4.68 Å². The maximum atomic E-state index is 12.6. The van der Waals surface area contributed by atoms with Gasteiger partial charge in [-0.15, -0.1) is 0 Å². The highest BCUT2D eigenvalue weighted by Gasteiger charge is 2.48. The monoisotopic (exact) mass is 276 g/mol. The van der Waals surface area contributed by atoms with E-state index in [4.69, 9.17) is 5.11 Å². The average Bonchev–Trinajstić information content (AvgIpc) is 2.54. The molecule has 1 N–H and O–H groups in total. The van der Waals surface area contributed by atoms with Crippen molar-refractivity contribution in [3.63, 3.8) is 0 Å². The van der Waals surface area contributed by atoms with Crippen molar-refractivity contribution in [2.24, 2.45) is 0 Å². The number of hydrogen-bond donors (Lipinski definition) is 1. The van der Waals surface area contributed by atoms with Crippen LogP contribution < -0.4 is 0 Å². The predicted molar refractivity (Wildman–Crippen MR) is 44.9 cm³/mol. The summed E-state index contributed by atoms with van der Waals surface area (Å²) in [5.74, 6) is -2.32. The third-order valence-corrected chi connectivity index (χ3v) is 2.00. The van der Waals surface area contributed by atoms with Gasteiger partial charge in [0.05, 0.1) is 0 Å². The summed E-state index contributed by atoms with van der Waals surface area (Å²) in [5, 5.41) is 11.2. The van der Waals surface area contributed by atoms with Crippen LogP contribution in [-0.4, -0.2) is 20.9 Å². The second-order valence-corrected chi connectivity index (χ2v) is 3.19. The molecule has 0 fully saturated rings. The zero-order chi connectivity index (χ0) is 14.3. The second-order valence-electron chi connectivity index (χ2n) is 3.19. The fourth-order valence-electron chi connectivity index (χ4n) is 1.38. The van der Waals surface area contributed by atoms with Crippen molar-refractivity contribution >= 4 is 5.97 Å². The number of carboxylic acids is 1. The maximum absolute atomic E-state index is 12.6. The Balaban J connectivity index is 3.69. The van der Waals surface area contributed by atoms with Gasteiger partial charge in [0.25, 0.3) is 0 Å². The molecule has 0 bridgehead atoms. The fourth-order valence-corrected chi connectivity index (χ4v) is 1.38. The van der Waals surface area contributed by atoms with Crippen LogP contribution in [0.15, 0.2) is 0 Å². The van der Waals surface area contributed by atoms with Crippen molar-refractivity contribution in [2.75, 3.05) is 0 Å². The van der Waals surface area contributed by atoms with Gasteiger partial charge >= 0.3 is 18.3 Å². The largest absolute Gasteiger partial charge is 0.478 e. The molecule has 1 rings (SSSR count). The Hall–Kier alpha value is -1.74. The van der Waals surface area contributed by atoms with Gasteiger partial charge < -0.3 is 5.11 Å². The zero-order valence-corrected chi connectivity index (χ0v) is 8.72. The molecule has 0 amide bonds. The molecule has 0 unspecified atom stereocenters. The molecule has 0 saturated heterocycles. The number of carboxylic acid groups (broad SMARTS) is 1. The van der Waals surface area contributed by atoms with E-state index in [0.717, 1.165) is 6.92 Å². The number of hydrogen-bond acceptors (Lipinski definition) is 2. The molecule has 102 valence electrons. The lowest BCUT2D eigenvalue weighted by molar-refractivity contribution is -0.145. The molecule has 4 nitrogen and oxygen atoms in total. The summed E-state index contributed by atoms with van der Waals surface area (Å²) in [5.41, 5.74) is -5.84. The first kappa shape index (κ1) is 14.3. The molecule has 1 heterocycles. The highest BCUT2D eigenvalue weighted by atomic mass is 19.4. The number of rotatable bonds is 2. The summed E-state index contributed by atoms with van der Waals surface area (Å²) < 4.78 is 74.9. The first-order valence-corrected chi connectivity index (χ1v) is 4.48. The molecule has 0 aliphatic carbocycles. The van der Waals surface area contributed by atoms with Crippen molar-refractivity contribution in [2.45, 2.75) is 25.8 Å². The number of carbonyl (C=O) groups is 1.